The zero-order chi connectivity index (χ0) is 12.1. The van der Waals surface area contributed by atoms with Crippen LogP contribution in [0.25, 0.3) is 0 Å². The monoisotopic (exact) mass is 236 g/mol. The minimum Gasteiger partial charge on any atom is -0.496 e. The number of hydrogen-bond acceptors (Lipinski definition) is 3. The number of aliphatic hydroxyl groups is 1. The zero-order valence-corrected chi connectivity index (χ0v) is 10.3. The van der Waals surface area contributed by atoms with Gasteiger partial charge in [0.25, 0.3) is 0 Å². The first kappa shape index (κ1) is 12.4. The van der Waals surface area contributed by atoms with E-state index in [4.69, 9.17) is 14.6 Å². The van der Waals surface area contributed by atoms with Crippen LogP contribution in [0.5, 0.6) is 5.75 Å². The Balaban J connectivity index is 2.19. The molecular formula is C14H20O3. The number of ether oxygens (including phenoxy) is 2. The van der Waals surface area contributed by atoms with Gasteiger partial charge >= 0.3 is 0 Å². The lowest BCUT2D eigenvalue weighted by Gasteiger charge is -2.23. The van der Waals surface area contributed by atoms with Crippen LogP contribution in [0, 0.1) is 0 Å². The molecule has 1 aromatic carbocycles. The van der Waals surface area contributed by atoms with Crippen LogP contribution in [0.4, 0.5) is 0 Å². The van der Waals surface area contributed by atoms with E-state index in [1.54, 1.807) is 7.11 Å². The van der Waals surface area contributed by atoms with E-state index in [1.165, 1.54) is 5.56 Å². The smallest absolute Gasteiger partial charge is 0.122 e. The average molecular weight is 236 g/mol. The van der Waals surface area contributed by atoms with Crippen LogP contribution in [0.2, 0.25) is 0 Å². The highest BCUT2D eigenvalue weighted by molar-refractivity contribution is 5.39. The fourth-order valence-electron chi connectivity index (χ4n) is 2.40. The van der Waals surface area contributed by atoms with Gasteiger partial charge in [-0.2, -0.15) is 0 Å². The molecule has 0 unspecified atom stereocenters. The fourth-order valence-corrected chi connectivity index (χ4v) is 2.40. The summed E-state index contributed by atoms with van der Waals surface area (Å²) in [5.41, 5.74) is 2.44. The van der Waals surface area contributed by atoms with E-state index in [0.29, 0.717) is 12.3 Å². The third-order valence-corrected chi connectivity index (χ3v) is 3.38. The normalized spacial score (nSPS) is 17.1. The van der Waals surface area contributed by atoms with Crippen LogP contribution in [0.1, 0.15) is 29.9 Å². The van der Waals surface area contributed by atoms with Crippen LogP contribution in [0.15, 0.2) is 18.2 Å². The molecule has 1 fully saturated rings. The average Bonchev–Trinajstić information content (AvgIpc) is 2.40. The summed E-state index contributed by atoms with van der Waals surface area (Å²) in [6.45, 7) is 1.87. The topological polar surface area (TPSA) is 38.7 Å². The van der Waals surface area contributed by atoms with Gasteiger partial charge in [-0.05, 0) is 42.4 Å². The maximum absolute atomic E-state index is 9.07. The summed E-state index contributed by atoms with van der Waals surface area (Å²) in [4.78, 5) is 0. The SMILES string of the molecule is COc1ccc(C2CCOCC2)cc1CCO. The number of hydrogen-bond donors (Lipinski definition) is 1. The lowest BCUT2D eigenvalue weighted by Crippen LogP contribution is -2.14. The molecule has 1 aliphatic rings. The van der Waals surface area contributed by atoms with Crippen LogP contribution in [-0.2, 0) is 11.2 Å². The van der Waals surface area contributed by atoms with Crippen molar-refractivity contribution in [2.24, 2.45) is 0 Å². The molecule has 1 heterocycles. The highest BCUT2D eigenvalue weighted by Gasteiger charge is 2.17. The molecule has 0 bridgehead atoms. The van der Waals surface area contributed by atoms with Gasteiger partial charge in [0.2, 0.25) is 0 Å². The van der Waals surface area contributed by atoms with Gasteiger partial charge in [0.1, 0.15) is 5.75 Å². The third-order valence-electron chi connectivity index (χ3n) is 3.38. The molecule has 1 aliphatic heterocycles. The van der Waals surface area contributed by atoms with Crippen molar-refractivity contribution in [3.63, 3.8) is 0 Å². The minimum absolute atomic E-state index is 0.160. The van der Waals surface area contributed by atoms with E-state index < -0.39 is 0 Å². The summed E-state index contributed by atoms with van der Waals surface area (Å²) in [5.74, 6) is 1.46. The van der Waals surface area contributed by atoms with Gasteiger partial charge in [0.05, 0.1) is 7.11 Å². The highest BCUT2D eigenvalue weighted by atomic mass is 16.5. The minimum atomic E-state index is 0.160. The first-order chi connectivity index (χ1) is 8.35. The van der Waals surface area contributed by atoms with Crippen LogP contribution in [0.3, 0.4) is 0 Å². The van der Waals surface area contributed by atoms with Gasteiger partial charge in [-0.15, -0.1) is 0 Å². The lowest BCUT2D eigenvalue weighted by atomic mass is 9.90. The molecule has 0 aromatic heterocycles. The molecule has 0 amide bonds. The first-order valence-corrected chi connectivity index (χ1v) is 6.20. The predicted octanol–water partition coefficient (Wildman–Crippen LogP) is 2.12. The van der Waals surface area contributed by atoms with Crippen molar-refractivity contribution in [1.29, 1.82) is 0 Å². The molecule has 3 heteroatoms. The Morgan fingerprint density at radius 1 is 1.35 bits per heavy atom. The molecule has 17 heavy (non-hydrogen) atoms. The maximum atomic E-state index is 9.07. The molecule has 1 N–H and O–H groups in total. The van der Waals surface area contributed by atoms with E-state index in [0.717, 1.165) is 37.4 Å². The number of benzene rings is 1. The standard InChI is InChI=1S/C14H20O3/c1-16-14-3-2-12(10-13(14)4-7-15)11-5-8-17-9-6-11/h2-3,10-11,15H,4-9H2,1H3. The van der Waals surface area contributed by atoms with Crippen molar-refractivity contribution in [1.82, 2.24) is 0 Å². The van der Waals surface area contributed by atoms with Crippen LogP contribution >= 0.6 is 0 Å². The van der Waals surface area contributed by atoms with E-state index in [-0.39, 0.29) is 6.61 Å². The maximum Gasteiger partial charge on any atom is 0.122 e. The van der Waals surface area contributed by atoms with Crippen molar-refractivity contribution in [3.05, 3.63) is 29.3 Å². The second-order valence-electron chi connectivity index (χ2n) is 4.43. The Kier molecular flexibility index (Phi) is 4.40. The number of rotatable bonds is 4. The second-order valence-corrected chi connectivity index (χ2v) is 4.43. The first-order valence-electron chi connectivity index (χ1n) is 6.20. The molecule has 0 radical (unpaired) electrons. The van der Waals surface area contributed by atoms with Gasteiger partial charge < -0.3 is 14.6 Å². The second kappa shape index (κ2) is 6.03. The molecule has 1 saturated heterocycles. The molecule has 0 aliphatic carbocycles. The summed E-state index contributed by atoms with van der Waals surface area (Å²) in [6.07, 6.45) is 2.83. The largest absolute Gasteiger partial charge is 0.496 e. The third kappa shape index (κ3) is 2.99. The van der Waals surface area contributed by atoms with Gasteiger partial charge in [0, 0.05) is 19.8 Å². The van der Waals surface area contributed by atoms with E-state index in [2.05, 4.69) is 12.1 Å². The Hall–Kier alpha value is -1.06. The molecule has 94 valence electrons. The van der Waals surface area contributed by atoms with E-state index in [1.807, 2.05) is 6.07 Å². The Bertz CT molecular complexity index is 356. The fraction of sp³-hybridized carbons (Fsp3) is 0.571. The van der Waals surface area contributed by atoms with Crippen LogP contribution in [-0.4, -0.2) is 32.0 Å². The quantitative estimate of drug-likeness (QED) is 0.870. The lowest BCUT2D eigenvalue weighted by molar-refractivity contribution is 0.0853. The van der Waals surface area contributed by atoms with Crippen molar-refractivity contribution < 1.29 is 14.6 Å². The van der Waals surface area contributed by atoms with Crippen molar-refractivity contribution >= 4 is 0 Å². The van der Waals surface area contributed by atoms with Gasteiger partial charge in [-0.1, -0.05) is 12.1 Å². The number of methoxy groups -OCH3 is 1. The van der Waals surface area contributed by atoms with Crippen molar-refractivity contribution in [2.75, 3.05) is 26.9 Å². The van der Waals surface area contributed by atoms with E-state index >= 15 is 0 Å². The van der Waals surface area contributed by atoms with Gasteiger partial charge in [-0.3, -0.25) is 0 Å². The zero-order valence-electron chi connectivity index (χ0n) is 10.3. The molecule has 0 atom stereocenters. The van der Waals surface area contributed by atoms with Crippen molar-refractivity contribution in [2.45, 2.75) is 25.2 Å². The highest BCUT2D eigenvalue weighted by Crippen LogP contribution is 2.30. The van der Waals surface area contributed by atoms with Gasteiger partial charge in [-0.25, -0.2) is 0 Å². The van der Waals surface area contributed by atoms with Crippen LogP contribution < -0.4 is 4.74 Å². The summed E-state index contributed by atoms with van der Waals surface area (Å²) in [5, 5.41) is 9.07. The summed E-state index contributed by atoms with van der Waals surface area (Å²) >= 11 is 0. The molecule has 3 nitrogen and oxygen atoms in total. The van der Waals surface area contributed by atoms with E-state index in [9.17, 15) is 0 Å². The Labute approximate surface area is 102 Å². The molecular weight excluding hydrogens is 216 g/mol. The Morgan fingerprint density at radius 3 is 2.76 bits per heavy atom. The number of aliphatic hydroxyl groups excluding tert-OH is 1. The predicted molar refractivity (Wildman–Crippen MR) is 66.6 cm³/mol. The molecule has 1 aromatic rings. The Morgan fingerprint density at radius 2 is 2.12 bits per heavy atom. The summed E-state index contributed by atoms with van der Waals surface area (Å²) in [7, 11) is 1.67. The molecule has 2 rings (SSSR count). The van der Waals surface area contributed by atoms with Gasteiger partial charge in [0.15, 0.2) is 0 Å². The molecule has 0 saturated carbocycles. The summed E-state index contributed by atoms with van der Waals surface area (Å²) < 4.78 is 10.7. The van der Waals surface area contributed by atoms with Crippen molar-refractivity contribution in [3.8, 4) is 5.75 Å². The summed E-state index contributed by atoms with van der Waals surface area (Å²) in [6, 6.07) is 6.32. The molecule has 0 spiro atoms.